The summed E-state index contributed by atoms with van der Waals surface area (Å²) in [6.45, 7) is 0. The predicted molar refractivity (Wildman–Crippen MR) is 82.4 cm³/mol. The molecule has 1 aromatic heterocycles. The highest BCUT2D eigenvalue weighted by Crippen LogP contribution is 2.28. The number of hydrogen-bond acceptors (Lipinski definition) is 3. The molecule has 3 N–H and O–H groups in total. The largest absolute Gasteiger partial charge is 0.271 e. The Morgan fingerprint density at radius 2 is 1.90 bits per heavy atom. The summed E-state index contributed by atoms with van der Waals surface area (Å²) in [4.78, 5) is 4.38. The SMILES string of the molecule is NNC(c1cccc(Cl)c1)c1cccc2ncccc12. The van der Waals surface area contributed by atoms with Gasteiger partial charge in [-0.15, -0.1) is 0 Å². The van der Waals surface area contributed by atoms with E-state index in [9.17, 15) is 0 Å². The second-order valence-electron chi connectivity index (χ2n) is 4.57. The van der Waals surface area contributed by atoms with Crippen molar-refractivity contribution < 1.29 is 0 Å². The molecule has 0 aliphatic heterocycles. The van der Waals surface area contributed by atoms with E-state index in [-0.39, 0.29) is 6.04 Å². The molecule has 20 heavy (non-hydrogen) atoms. The Bertz CT molecular complexity index is 737. The van der Waals surface area contributed by atoms with Gasteiger partial charge in [-0.2, -0.15) is 0 Å². The van der Waals surface area contributed by atoms with E-state index in [1.165, 1.54) is 0 Å². The van der Waals surface area contributed by atoms with Crippen molar-refractivity contribution in [1.82, 2.24) is 10.4 Å². The van der Waals surface area contributed by atoms with E-state index < -0.39 is 0 Å². The smallest absolute Gasteiger partial charge is 0.0717 e. The first-order valence-corrected chi connectivity index (χ1v) is 6.72. The van der Waals surface area contributed by atoms with Crippen molar-refractivity contribution in [2.45, 2.75) is 6.04 Å². The molecule has 1 unspecified atom stereocenters. The van der Waals surface area contributed by atoms with Gasteiger partial charge < -0.3 is 0 Å². The van der Waals surface area contributed by atoms with Crippen LogP contribution in [0.4, 0.5) is 0 Å². The molecule has 0 saturated heterocycles. The molecule has 4 heteroatoms. The summed E-state index contributed by atoms with van der Waals surface area (Å²) in [5, 5.41) is 1.78. The third-order valence-electron chi connectivity index (χ3n) is 3.34. The van der Waals surface area contributed by atoms with E-state index >= 15 is 0 Å². The maximum atomic E-state index is 6.07. The van der Waals surface area contributed by atoms with Gasteiger partial charge in [0.2, 0.25) is 0 Å². The molecule has 1 heterocycles. The molecule has 2 aromatic carbocycles. The monoisotopic (exact) mass is 283 g/mol. The summed E-state index contributed by atoms with van der Waals surface area (Å²) in [7, 11) is 0. The summed E-state index contributed by atoms with van der Waals surface area (Å²) in [5.74, 6) is 5.76. The molecular weight excluding hydrogens is 270 g/mol. The molecule has 0 aliphatic carbocycles. The second-order valence-corrected chi connectivity index (χ2v) is 5.01. The van der Waals surface area contributed by atoms with Crippen LogP contribution < -0.4 is 11.3 Å². The summed E-state index contributed by atoms with van der Waals surface area (Å²) in [6.07, 6.45) is 1.79. The number of pyridine rings is 1. The highest BCUT2D eigenvalue weighted by molar-refractivity contribution is 6.30. The van der Waals surface area contributed by atoms with E-state index in [1.807, 2.05) is 48.5 Å². The molecule has 0 saturated carbocycles. The number of hydrogen-bond donors (Lipinski definition) is 2. The third kappa shape index (κ3) is 2.39. The van der Waals surface area contributed by atoms with Gasteiger partial charge in [0, 0.05) is 16.6 Å². The molecule has 0 amide bonds. The van der Waals surface area contributed by atoms with Gasteiger partial charge in [0.05, 0.1) is 11.6 Å². The van der Waals surface area contributed by atoms with Crippen molar-refractivity contribution in [3.8, 4) is 0 Å². The van der Waals surface area contributed by atoms with E-state index in [0.717, 1.165) is 22.0 Å². The molecule has 0 radical (unpaired) electrons. The minimum atomic E-state index is -0.124. The van der Waals surface area contributed by atoms with Gasteiger partial charge in [-0.05, 0) is 35.4 Å². The van der Waals surface area contributed by atoms with E-state index in [1.54, 1.807) is 6.20 Å². The average Bonchev–Trinajstić information content (AvgIpc) is 2.48. The second kappa shape index (κ2) is 5.59. The molecule has 0 aliphatic rings. The Morgan fingerprint density at radius 1 is 1.05 bits per heavy atom. The lowest BCUT2D eigenvalue weighted by molar-refractivity contribution is 0.641. The number of aromatic nitrogens is 1. The van der Waals surface area contributed by atoms with Gasteiger partial charge >= 0.3 is 0 Å². The Morgan fingerprint density at radius 3 is 2.70 bits per heavy atom. The van der Waals surface area contributed by atoms with Crippen LogP contribution in [0.1, 0.15) is 17.2 Å². The van der Waals surface area contributed by atoms with Crippen LogP contribution >= 0.6 is 11.6 Å². The minimum absolute atomic E-state index is 0.124. The Hall–Kier alpha value is -1.94. The van der Waals surface area contributed by atoms with Crippen LogP contribution in [0.2, 0.25) is 5.02 Å². The zero-order valence-electron chi connectivity index (χ0n) is 10.8. The zero-order valence-corrected chi connectivity index (χ0v) is 11.5. The first kappa shape index (κ1) is 13.1. The number of fused-ring (bicyclic) bond motifs is 1. The lowest BCUT2D eigenvalue weighted by atomic mass is 9.96. The van der Waals surface area contributed by atoms with Crippen molar-refractivity contribution in [3.63, 3.8) is 0 Å². The maximum absolute atomic E-state index is 6.07. The predicted octanol–water partition coefficient (Wildman–Crippen LogP) is 3.44. The van der Waals surface area contributed by atoms with Crippen LogP contribution in [0.5, 0.6) is 0 Å². The standard InChI is InChI=1S/C16H14ClN3/c17-12-5-1-4-11(10-12)16(20-18)14-6-2-8-15-13(14)7-3-9-19-15/h1-10,16,20H,18H2. The van der Waals surface area contributed by atoms with Crippen molar-refractivity contribution in [3.05, 3.63) is 76.9 Å². The molecule has 3 rings (SSSR count). The highest BCUT2D eigenvalue weighted by atomic mass is 35.5. The number of nitrogens with two attached hydrogens (primary N) is 1. The van der Waals surface area contributed by atoms with Crippen molar-refractivity contribution in [2.24, 2.45) is 5.84 Å². The number of nitrogens with one attached hydrogen (secondary N) is 1. The summed E-state index contributed by atoms with van der Waals surface area (Å²) < 4.78 is 0. The van der Waals surface area contributed by atoms with Crippen LogP contribution in [0, 0.1) is 0 Å². The fourth-order valence-corrected chi connectivity index (χ4v) is 2.63. The number of hydrazine groups is 1. The maximum Gasteiger partial charge on any atom is 0.0717 e. The van der Waals surface area contributed by atoms with Gasteiger partial charge in [-0.3, -0.25) is 10.8 Å². The molecule has 100 valence electrons. The number of halogens is 1. The first-order chi connectivity index (χ1) is 9.79. The van der Waals surface area contributed by atoms with Crippen LogP contribution in [0.25, 0.3) is 10.9 Å². The lowest BCUT2D eigenvalue weighted by Gasteiger charge is -2.19. The Labute approximate surface area is 122 Å². The van der Waals surface area contributed by atoms with Crippen LogP contribution in [-0.2, 0) is 0 Å². The molecule has 1 atom stereocenters. The Kier molecular flexibility index (Phi) is 3.65. The van der Waals surface area contributed by atoms with Crippen LogP contribution in [-0.4, -0.2) is 4.98 Å². The molecule has 3 nitrogen and oxygen atoms in total. The highest BCUT2D eigenvalue weighted by Gasteiger charge is 2.15. The fourth-order valence-electron chi connectivity index (χ4n) is 2.43. The fraction of sp³-hybridized carbons (Fsp3) is 0.0625. The number of benzene rings is 2. The summed E-state index contributed by atoms with van der Waals surface area (Å²) in [5.41, 5.74) is 5.93. The van der Waals surface area contributed by atoms with E-state index in [4.69, 9.17) is 17.4 Å². The van der Waals surface area contributed by atoms with E-state index in [0.29, 0.717) is 5.02 Å². The van der Waals surface area contributed by atoms with Gasteiger partial charge in [-0.1, -0.05) is 41.9 Å². The Balaban J connectivity index is 2.17. The number of nitrogens with zero attached hydrogens (tertiary/aromatic N) is 1. The van der Waals surface area contributed by atoms with Crippen molar-refractivity contribution >= 4 is 22.5 Å². The molecular formula is C16H14ClN3. The minimum Gasteiger partial charge on any atom is -0.271 e. The van der Waals surface area contributed by atoms with Gasteiger partial charge in [0.15, 0.2) is 0 Å². The normalized spacial score (nSPS) is 12.5. The average molecular weight is 284 g/mol. The molecule has 0 fully saturated rings. The summed E-state index contributed by atoms with van der Waals surface area (Å²) >= 11 is 6.07. The van der Waals surface area contributed by atoms with E-state index in [2.05, 4.69) is 16.5 Å². The molecule has 0 bridgehead atoms. The lowest BCUT2D eigenvalue weighted by Crippen LogP contribution is -2.29. The van der Waals surface area contributed by atoms with Crippen LogP contribution in [0.3, 0.4) is 0 Å². The molecule has 0 spiro atoms. The van der Waals surface area contributed by atoms with Gasteiger partial charge in [0.25, 0.3) is 0 Å². The topological polar surface area (TPSA) is 50.9 Å². The quantitative estimate of drug-likeness (QED) is 0.572. The number of rotatable bonds is 3. The summed E-state index contributed by atoms with van der Waals surface area (Å²) in [6, 6.07) is 17.6. The van der Waals surface area contributed by atoms with Crippen molar-refractivity contribution in [1.29, 1.82) is 0 Å². The molecule has 3 aromatic rings. The third-order valence-corrected chi connectivity index (χ3v) is 3.57. The van der Waals surface area contributed by atoms with Crippen molar-refractivity contribution in [2.75, 3.05) is 0 Å². The zero-order chi connectivity index (χ0) is 13.9. The van der Waals surface area contributed by atoms with Gasteiger partial charge in [0.1, 0.15) is 0 Å². The van der Waals surface area contributed by atoms with Crippen LogP contribution in [0.15, 0.2) is 60.8 Å². The first-order valence-electron chi connectivity index (χ1n) is 6.35. The van der Waals surface area contributed by atoms with Gasteiger partial charge in [-0.25, -0.2) is 5.43 Å².